The van der Waals surface area contributed by atoms with Crippen LogP contribution in [0.2, 0.25) is 0 Å². The van der Waals surface area contributed by atoms with Crippen molar-refractivity contribution in [3.8, 4) is 10.6 Å². The number of carbonyl (C=O) groups excluding carboxylic acids is 2. The summed E-state index contributed by atoms with van der Waals surface area (Å²) in [5, 5.41) is 12.0. The summed E-state index contributed by atoms with van der Waals surface area (Å²) in [6.45, 7) is 6.01. The molecule has 0 spiro atoms. The van der Waals surface area contributed by atoms with E-state index < -0.39 is 0 Å². The first-order valence-electron chi connectivity index (χ1n) is 9.32. The molecular formula is C19H23N5O3S2. The Hall–Kier alpha value is -2.59. The number of amides is 2. The van der Waals surface area contributed by atoms with Crippen LogP contribution in [-0.4, -0.2) is 26.9 Å². The van der Waals surface area contributed by atoms with Crippen molar-refractivity contribution in [2.24, 2.45) is 0 Å². The maximum atomic E-state index is 12.2. The van der Waals surface area contributed by atoms with Crippen LogP contribution in [0.4, 0.5) is 5.13 Å². The number of carbonyl (C=O) groups is 2. The van der Waals surface area contributed by atoms with Gasteiger partial charge in [0.15, 0.2) is 11.0 Å². The highest BCUT2D eigenvalue weighted by Crippen LogP contribution is 2.30. The van der Waals surface area contributed by atoms with Crippen molar-refractivity contribution in [2.45, 2.75) is 52.5 Å². The summed E-state index contributed by atoms with van der Waals surface area (Å²) in [6, 6.07) is 3.94. The maximum absolute atomic E-state index is 12.2. The lowest BCUT2D eigenvalue weighted by atomic mass is 10.2. The summed E-state index contributed by atoms with van der Waals surface area (Å²) in [5.74, 6) is 1.32. The molecule has 0 aliphatic heterocycles. The highest BCUT2D eigenvalue weighted by atomic mass is 32.1. The molecule has 0 aromatic carbocycles. The standard InChI is InChI=1S/C19H23N5O3S2/c1-11(2)18-23-17(27-24-18)6-4-5-16(26)22-19-21-14(10-28-19)15-8-7-13(29-15)9-20-12(3)25/h7-8,10-11H,4-6,9H2,1-3H3,(H,20,25)(H,21,22,26). The van der Waals surface area contributed by atoms with E-state index in [1.54, 1.807) is 11.3 Å². The van der Waals surface area contributed by atoms with Crippen molar-refractivity contribution in [3.05, 3.63) is 34.1 Å². The largest absolute Gasteiger partial charge is 0.351 e. The molecule has 0 aliphatic carbocycles. The topological polar surface area (TPSA) is 110 Å². The molecule has 0 atom stereocenters. The zero-order valence-electron chi connectivity index (χ0n) is 16.5. The van der Waals surface area contributed by atoms with Gasteiger partial charge in [0, 0.05) is 35.9 Å². The van der Waals surface area contributed by atoms with Crippen molar-refractivity contribution >= 4 is 39.6 Å². The van der Waals surface area contributed by atoms with Gasteiger partial charge < -0.3 is 15.2 Å². The lowest BCUT2D eigenvalue weighted by Gasteiger charge is -2.00. The first kappa shape index (κ1) is 21.1. The average Bonchev–Trinajstić information content (AvgIpc) is 3.40. The predicted octanol–water partition coefficient (Wildman–Crippen LogP) is 3.98. The predicted molar refractivity (Wildman–Crippen MR) is 113 cm³/mol. The number of aromatic nitrogens is 3. The zero-order chi connectivity index (χ0) is 20.8. The molecule has 0 unspecified atom stereocenters. The molecule has 3 aromatic heterocycles. The van der Waals surface area contributed by atoms with E-state index in [4.69, 9.17) is 4.52 Å². The Morgan fingerprint density at radius 1 is 1.24 bits per heavy atom. The molecule has 3 rings (SSSR count). The number of nitrogens with one attached hydrogen (secondary N) is 2. The Bertz CT molecular complexity index is 976. The van der Waals surface area contributed by atoms with Crippen LogP contribution in [0.15, 0.2) is 22.0 Å². The molecule has 0 aliphatic rings. The molecule has 8 nitrogen and oxygen atoms in total. The van der Waals surface area contributed by atoms with Gasteiger partial charge >= 0.3 is 0 Å². The minimum Gasteiger partial charge on any atom is -0.351 e. The van der Waals surface area contributed by atoms with Crippen LogP contribution in [0.5, 0.6) is 0 Å². The molecule has 0 bridgehead atoms. The number of hydrogen-bond acceptors (Lipinski definition) is 8. The normalized spacial score (nSPS) is 11.0. The SMILES string of the molecule is CC(=O)NCc1ccc(-c2csc(NC(=O)CCCc3nc(C(C)C)no3)n2)s1. The van der Waals surface area contributed by atoms with Gasteiger partial charge in [0.2, 0.25) is 17.7 Å². The van der Waals surface area contributed by atoms with Crippen LogP contribution in [0, 0.1) is 0 Å². The fraction of sp³-hybridized carbons (Fsp3) is 0.421. The smallest absolute Gasteiger partial charge is 0.226 e. The molecule has 154 valence electrons. The van der Waals surface area contributed by atoms with Crippen molar-refractivity contribution < 1.29 is 14.1 Å². The van der Waals surface area contributed by atoms with E-state index in [1.807, 2.05) is 31.4 Å². The summed E-state index contributed by atoms with van der Waals surface area (Å²) >= 11 is 2.96. The molecule has 2 N–H and O–H groups in total. The third-order valence-corrected chi connectivity index (χ3v) is 5.84. The Kier molecular flexibility index (Phi) is 7.10. The molecular weight excluding hydrogens is 410 g/mol. The van der Waals surface area contributed by atoms with Crippen molar-refractivity contribution in [2.75, 3.05) is 5.32 Å². The van der Waals surface area contributed by atoms with Gasteiger partial charge in [-0.3, -0.25) is 9.59 Å². The van der Waals surface area contributed by atoms with Crippen LogP contribution >= 0.6 is 22.7 Å². The van der Waals surface area contributed by atoms with Gasteiger partial charge in [-0.15, -0.1) is 22.7 Å². The number of aryl methyl sites for hydroxylation is 1. The summed E-state index contributed by atoms with van der Waals surface area (Å²) in [5.41, 5.74) is 0.816. The second-order valence-electron chi connectivity index (χ2n) is 6.82. The second-order valence-corrected chi connectivity index (χ2v) is 8.84. The molecule has 2 amide bonds. The molecule has 29 heavy (non-hydrogen) atoms. The first-order valence-corrected chi connectivity index (χ1v) is 11.0. The van der Waals surface area contributed by atoms with Gasteiger partial charge in [-0.05, 0) is 18.6 Å². The number of thiazole rings is 1. The van der Waals surface area contributed by atoms with Crippen LogP contribution in [0.3, 0.4) is 0 Å². The Labute approximate surface area is 176 Å². The van der Waals surface area contributed by atoms with Gasteiger partial charge in [-0.25, -0.2) is 4.98 Å². The summed E-state index contributed by atoms with van der Waals surface area (Å²) in [7, 11) is 0. The van der Waals surface area contributed by atoms with E-state index in [1.165, 1.54) is 18.3 Å². The minimum absolute atomic E-state index is 0.0574. The molecule has 3 aromatic rings. The van der Waals surface area contributed by atoms with E-state index in [0.29, 0.717) is 42.7 Å². The van der Waals surface area contributed by atoms with Crippen molar-refractivity contribution in [3.63, 3.8) is 0 Å². The Balaban J connectivity index is 1.46. The number of nitrogens with zero attached hydrogens (tertiary/aromatic N) is 3. The van der Waals surface area contributed by atoms with Crippen LogP contribution in [-0.2, 0) is 22.6 Å². The lowest BCUT2D eigenvalue weighted by molar-refractivity contribution is -0.119. The molecule has 0 fully saturated rings. The number of hydrogen-bond donors (Lipinski definition) is 2. The fourth-order valence-corrected chi connectivity index (χ4v) is 4.16. The third kappa shape index (κ3) is 6.20. The zero-order valence-corrected chi connectivity index (χ0v) is 18.2. The fourth-order valence-electron chi connectivity index (χ4n) is 2.45. The highest BCUT2D eigenvalue weighted by molar-refractivity contribution is 7.17. The quantitative estimate of drug-likeness (QED) is 0.528. The van der Waals surface area contributed by atoms with E-state index in [9.17, 15) is 9.59 Å². The average molecular weight is 434 g/mol. The maximum Gasteiger partial charge on any atom is 0.226 e. The molecule has 0 saturated carbocycles. The number of thiophene rings is 1. The van der Waals surface area contributed by atoms with Gasteiger partial charge in [-0.1, -0.05) is 19.0 Å². The van der Waals surface area contributed by atoms with Gasteiger partial charge in [0.05, 0.1) is 17.1 Å². The van der Waals surface area contributed by atoms with E-state index in [0.717, 1.165) is 15.4 Å². The van der Waals surface area contributed by atoms with E-state index in [2.05, 4.69) is 25.8 Å². The Morgan fingerprint density at radius 2 is 2.07 bits per heavy atom. The van der Waals surface area contributed by atoms with Crippen molar-refractivity contribution in [1.82, 2.24) is 20.4 Å². The summed E-state index contributed by atoms with van der Waals surface area (Å²) in [4.78, 5) is 34.0. The van der Waals surface area contributed by atoms with E-state index in [-0.39, 0.29) is 17.7 Å². The van der Waals surface area contributed by atoms with E-state index >= 15 is 0 Å². The Morgan fingerprint density at radius 3 is 2.79 bits per heavy atom. The lowest BCUT2D eigenvalue weighted by Crippen LogP contribution is -2.17. The summed E-state index contributed by atoms with van der Waals surface area (Å²) < 4.78 is 5.19. The number of rotatable bonds is 9. The van der Waals surface area contributed by atoms with Gasteiger partial charge in [-0.2, -0.15) is 4.98 Å². The molecule has 3 heterocycles. The number of anilines is 1. The van der Waals surface area contributed by atoms with Crippen LogP contribution in [0.1, 0.15) is 56.1 Å². The second kappa shape index (κ2) is 9.75. The first-order chi connectivity index (χ1) is 13.9. The third-order valence-electron chi connectivity index (χ3n) is 3.97. The van der Waals surface area contributed by atoms with Gasteiger partial charge in [0.25, 0.3) is 0 Å². The van der Waals surface area contributed by atoms with Gasteiger partial charge in [0.1, 0.15) is 0 Å². The minimum atomic E-state index is -0.0907. The van der Waals surface area contributed by atoms with Crippen molar-refractivity contribution in [1.29, 1.82) is 0 Å². The summed E-state index contributed by atoms with van der Waals surface area (Å²) in [6.07, 6.45) is 1.55. The molecule has 10 heteroatoms. The molecule has 0 saturated heterocycles. The highest BCUT2D eigenvalue weighted by Gasteiger charge is 2.12. The van der Waals surface area contributed by atoms with Crippen LogP contribution < -0.4 is 10.6 Å². The van der Waals surface area contributed by atoms with Crippen LogP contribution in [0.25, 0.3) is 10.6 Å². The monoisotopic (exact) mass is 433 g/mol. The molecule has 0 radical (unpaired) electrons.